The van der Waals surface area contributed by atoms with Crippen LogP contribution < -0.4 is 10.0 Å². The van der Waals surface area contributed by atoms with Crippen LogP contribution in [0.2, 0.25) is 0 Å². The molecule has 2 N–H and O–H groups in total. The molecular formula is C20H26N4O5S. The molecule has 1 aromatic carbocycles. The van der Waals surface area contributed by atoms with Gasteiger partial charge in [-0.1, -0.05) is 35.5 Å². The van der Waals surface area contributed by atoms with E-state index in [-0.39, 0.29) is 53.7 Å². The van der Waals surface area contributed by atoms with Gasteiger partial charge in [-0.25, -0.2) is 13.1 Å². The zero-order chi connectivity index (χ0) is 21.9. The fraction of sp³-hybridized carbons (Fsp3) is 0.450. The predicted molar refractivity (Wildman–Crippen MR) is 109 cm³/mol. The zero-order valence-corrected chi connectivity index (χ0v) is 18.0. The van der Waals surface area contributed by atoms with Crippen LogP contribution in [-0.2, 0) is 19.6 Å². The molecule has 0 bridgehead atoms. The van der Waals surface area contributed by atoms with Crippen LogP contribution >= 0.6 is 0 Å². The lowest BCUT2D eigenvalue weighted by Crippen LogP contribution is -2.38. The van der Waals surface area contributed by atoms with E-state index >= 15 is 0 Å². The molecule has 2 heterocycles. The minimum Gasteiger partial charge on any atom is -0.360 e. The minimum absolute atomic E-state index is 0.0146. The average molecular weight is 435 g/mol. The van der Waals surface area contributed by atoms with Crippen molar-refractivity contribution in [1.29, 1.82) is 0 Å². The van der Waals surface area contributed by atoms with Gasteiger partial charge in [0.15, 0.2) is 5.76 Å². The number of carbonyl (C=O) groups excluding carboxylic acids is 2. The van der Waals surface area contributed by atoms with Gasteiger partial charge in [-0.05, 0) is 26.3 Å². The van der Waals surface area contributed by atoms with Crippen molar-refractivity contribution in [3.63, 3.8) is 0 Å². The number of aryl methyl sites for hydroxylation is 2. The summed E-state index contributed by atoms with van der Waals surface area (Å²) in [5.41, 5.74) is 1.29. The van der Waals surface area contributed by atoms with Gasteiger partial charge >= 0.3 is 0 Å². The number of amides is 2. The van der Waals surface area contributed by atoms with Gasteiger partial charge < -0.3 is 14.7 Å². The highest BCUT2D eigenvalue weighted by Gasteiger charge is 2.36. The van der Waals surface area contributed by atoms with Gasteiger partial charge in [-0.15, -0.1) is 0 Å². The molecule has 9 nitrogen and oxygen atoms in total. The van der Waals surface area contributed by atoms with E-state index in [1.807, 2.05) is 37.3 Å². The summed E-state index contributed by atoms with van der Waals surface area (Å²) >= 11 is 0. The quantitative estimate of drug-likeness (QED) is 0.604. The molecule has 1 aliphatic rings. The van der Waals surface area contributed by atoms with Crippen molar-refractivity contribution in [2.75, 3.05) is 19.6 Å². The van der Waals surface area contributed by atoms with Crippen molar-refractivity contribution in [2.45, 2.75) is 38.1 Å². The molecule has 2 atom stereocenters. The van der Waals surface area contributed by atoms with Gasteiger partial charge in [-0.2, -0.15) is 0 Å². The maximum atomic E-state index is 12.5. The maximum absolute atomic E-state index is 12.5. The number of aromatic nitrogens is 1. The number of carbonyl (C=O) groups is 2. The van der Waals surface area contributed by atoms with E-state index in [0.29, 0.717) is 6.54 Å². The number of sulfonamides is 1. The Morgan fingerprint density at radius 2 is 1.97 bits per heavy atom. The van der Waals surface area contributed by atoms with E-state index in [1.165, 1.54) is 6.92 Å². The van der Waals surface area contributed by atoms with E-state index in [4.69, 9.17) is 4.52 Å². The second-order valence-electron chi connectivity index (χ2n) is 7.38. The molecule has 0 spiro atoms. The van der Waals surface area contributed by atoms with E-state index < -0.39 is 15.9 Å². The molecule has 3 rings (SSSR count). The Balaban J connectivity index is 1.49. The van der Waals surface area contributed by atoms with E-state index in [9.17, 15) is 18.0 Å². The number of hydrogen-bond acceptors (Lipinski definition) is 6. The summed E-state index contributed by atoms with van der Waals surface area (Å²) in [6.45, 7) is 5.48. The number of hydrogen-bond donors (Lipinski definition) is 2. The average Bonchev–Trinajstić information content (AvgIpc) is 3.27. The molecule has 1 saturated heterocycles. The first-order valence-corrected chi connectivity index (χ1v) is 11.2. The maximum Gasteiger partial charge on any atom is 0.246 e. The lowest BCUT2D eigenvalue weighted by molar-refractivity contribution is -0.130. The number of benzene rings is 1. The van der Waals surface area contributed by atoms with Crippen molar-refractivity contribution in [1.82, 2.24) is 20.1 Å². The summed E-state index contributed by atoms with van der Waals surface area (Å²) in [4.78, 5) is 26.6. The summed E-state index contributed by atoms with van der Waals surface area (Å²) in [5, 5.41) is 6.35. The van der Waals surface area contributed by atoms with Gasteiger partial charge in [0.05, 0.1) is 12.0 Å². The first kappa shape index (κ1) is 22.0. The molecule has 2 amide bonds. The van der Waals surface area contributed by atoms with Crippen LogP contribution in [0.1, 0.15) is 36.4 Å². The van der Waals surface area contributed by atoms with Crippen LogP contribution in [0.15, 0.2) is 39.8 Å². The van der Waals surface area contributed by atoms with Crippen molar-refractivity contribution in [3.05, 3.63) is 47.3 Å². The van der Waals surface area contributed by atoms with E-state index in [1.54, 1.807) is 11.8 Å². The number of likely N-dealkylation sites (tertiary alicyclic amines) is 1. The summed E-state index contributed by atoms with van der Waals surface area (Å²) in [6, 6.07) is 9.55. The first-order valence-electron chi connectivity index (χ1n) is 9.75. The monoisotopic (exact) mass is 434 g/mol. The topological polar surface area (TPSA) is 122 Å². The molecule has 10 heteroatoms. The van der Waals surface area contributed by atoms with Crippen molar-refractivity contribution in [2.24, 2.45) is 5.92 Å². The van der Waals surface area contributed by atoms with Crippen LogP contribution in [0, 0.1) is 19.8 Å². The third-order valence-electron chi connectivity index (χ3n) is 5.23. The Labute approximate surface area is 175 Å². The lowest BCUT2D eigenvalue weighted by atomic mass is 10.1. The van der Waals surface area contributed by atoms with Crippen LogP contribution in [0.3, 0.4) is 0 Å². The van der Waals surface area contributed by atoms with Crippen molar-refractivity contribution >= 4 is 21.8 Å². The van der Waals surface area contributed by atoms with Gasteiger partial charge in [0.2, 0.25) is 21.8 Å². The minimum atomic E-state index is -3.77. The fourth-order valence-electron chi connectivity index (χ4n) is 3.64. The molecule has 0 saturated carbocycles. The Morgan fingerprint density at radius 1 is 1.27 bits per heavy atom. The molecule has 30 heavy (non-hydrogen) atoms. The summed E-state index contributed by atoms with van der Waals surface area (Å²) in [6.07, 6.45) is 0.147. The van der Waals surface area contributed by atoms with Crippen LogP contribution in [0.4, 0.5) is 0 Å². The fourth-order valence-corrected chi connectivity index (χ4v) is 5.00. The second kappa shape index (κ2) is 8.97. The Hall–Kier alpha value is -2.72. The number of nitrogens with zero attached hydrogens (tertiary/aromatic N) is 2. The molecule has 1 fully saturated rings. The van der Waals surface area contributed by atoms with Crippen LogP contribution in [0.25, 0.3) is 0 Å². The van der Waals surface area contributed by atoms with Crippen LogP contribution in [-0.4, -0.2) is 49.9 Å². The lowest BCUT2D eigenvalue weighted by Gasteiger charge is -2.25. The number of nitrogens with one attached hydrogen (secondary N) is 2. The summed E-state index contributed by atoms with van der Waals surface area (Å²) in [5.74, 6) is -0.572. The highest BCUT2D eigenvalue weighted by Crippen LogP contribution is 2.28. The highest BCUT2D eigenvalue weighted by molar-refractivity contribution is 7.89. The third-order valence-corrected chi connectivity index (χ3v) is 6.94. The predicted octanol–water partition coefficient (Wildman–Crippen LogP) is 1.30. The Kier molecular flexibility index (Phi) is 6.57. The van der Waals surface area contributed by atoms with Gasteiger partial charge in [0.25, 0.3) is 0 Å². The molecule has 0 aliphatic carbocycles. The highest BCUT2D eigenvalue weighted by atomic mass is 32.2. The third kappa shape index (κ3) is 4.71. The molecular weight excluding hydrogens is 408 g/mol. The summed E-state index contributed by atoms with van der Waals surface area (Å²) < 4.78 is 32.0. The van der Waals surface area contributed by atoms with Gasteiger partial charge in [0, 0.05) is 26.1 Å². The molecule has 2 aromatic rings. The Bertz CT molecular complexity index is 1000. The van der Waals surface area contributed by atoms with E-state index in [0.717, 1.165) is 5.56 Å². The van der Waals surface area contributed by atoms with Gasteiger partial charge in [-0.3, -0.25) is 9.59 Å². The first-order chi connectivity index (χ1) is 14.2. The molecule has 2 unspecified atom stereocenters. The zero-order valence-electron chi connectivity index (χ0n) is 17.2. The molecule has 162 valence electrons. The molecule has 0 radical (unpaired) electrons. The SMILES string of the molecule is Cc1noc(C)c1S(=O)(=O)NCCNC(=O)C1CC(=O)N(C(C)c2ccccc2)C1. The van der Waals surface area contributed by atoms with E-state index in [2.05, 4.69) is 15.2 Å². The standard InChI is InChI=1S/C20H26N4O5S/c1-13-19(15(3)29-23-13)30(27,28)22-10-9-21-20(26)17-11-18(25)24(12-17)14(2)16-7-5-4-6-8-16/h4-8,14,17,22H,9-12H2,1-3H3,(H,21,26). The van der Waals surface area contributed by atoms with Crippen molar-refractivity contribution < 1.29 is 22.5 Å². The smallest absolute Gasteiger partial charge is 0.246 e. The molecule has 1 aliphatic heterocycles. The van der Waals surface area contributed by atoms with Crippen molar-refractivity contribution in [3.8, 4) is 0 Å². The molecule has 1 aromatic heterocycles. The largest absolute Gasteiger partial charge is 0.360 e. The van der Waals surface area contributed by atoms with Crippen LogP contribution in [0.5, 0.6) is 0 Å². The second-order valence-corrected chi connectivity index (χ2v) is 9.08. The Morgan fingerprint density at radius 3 is 2.60 bits per heavy atom. The summed E-state index contributed by atoms with van der Waals surface area (Å²) in [7, 11) is -3.77. The normalized spacial score (nSPS) is 17.9. The number of rotatable bonds is 8. The van der Waals surface area contributed by atoms with Gasteiger partial charge in [0.1, 0.15) is 10.6 Å².